The molecule has 4 rings (SSSR count). The lowest BCUT2D eigenvalue weighted by Gasteiger charge is -2.40. The van der Waals surface area contributed by atoms with E-state index in [1.54, 1.807) is 7.11 Å². The van der Waals surface area contributed by atoms with E-state index in [1.807, 2.05) is 46.2 Å². The van der Waals surface area contributed by atoms with E-state index in [4.69, 9.17) is 4.74 Å². The molecule has 0 radical (unpaired) electrons. The van der Waals surface area contributed by atoms with Gasteiger partial charge in [-0.2, -0.15) is 0 Å². The summed E-state index contributed by atoms with van der Waals surface area (Å²) in [5.74, 6) is 1.13. The number of piperidine rings is 2. The summed E-state index contributed by atoms with van der Waals surface area (Å²) in [6.45, 7) is 2.28. The van der Waals surface area contributed by atoms with Crippen LogP contribution in [0, 0.1) is 0 Å². The van der Waals surface area contributed by atoms with Crippen LogP contribution < -0.4 is 4.74 Å². The van der Waals surface area contributed by atoms with Crippen LogP contribution in [-0.2, 0) is 4.79 Å². The molecule has 2 aromatic carbocycles. The van der Waals surface area contributed by atoms with Crippen LogP contribution >= 0.6 is 0 Å². The molecule has 2 heterocycles. The number of methoxy groups -OCH3 is 1. The SMILES string of the molecule is COc1ccc(C(=O)N2CCC(N3CCCCC3=O)CC2)c2ccccc12. The number of carbonyl (C=O) groups is 2. The molecule has 0 unspecified atom stereocenters. The topological polar surface area (TPSA) is 49.9 Å². The molecule has 2 saturated heterocycles. The molecule has 2 aliphatic rings. The monoisotopic (exact) mass is 366 g/mol. The Balaban J connectivity index is 1.50. The van der Waals surface area contributed by atoms with Crippen molar-refractivity contribution in [1.29, 1.82) is 0 Å². The number of rotatable bonds is 3. The average molecular weight is 366 g/mol. The number of nitrogens with zero attached hydrogens (tertiary/aromatic N) is 2. The highest BCUT2D eigenvalue weighted by atomic mass is 16.5. The summed E-state index contributed by atoms with van der Waals surface area (Å²) < 4.78 is 5.44. The number of hydrogen-bond donors (Lipinski definition) is 0. The Kier molecular flexibility index (Phi) is 5.01. The predicted molar refractivity (Wildman–Crippen MR) is 105 cm³/mol. The lowest BCUT2D eigenvalue weighted by atomic mass is 9.97. The maximum atomic E-state index is 13.2. The second-order valence-electron chi connectivity index (χ2n) is 7.43. The van der Waals surface area contributed by atoms with Crippen LogP contribution in [0.25, 0.3) is 10.8 Å². The van der Waals surface area contributed by atoms with E-state index >= 15 is 0 Å². The fourth-order valence-corrected chi connectivity index (χ4v) is 4.40. The van der Waals surface area contributed by atoms with Gasteiger partial charge in [0, 0.05) is 43.0 Å². The van der Waals surface area contributed by atoms with Crippen molar-refractivity contribution < 1.29 is 14.3 Å². The Labute approximate surface area is 159 Å². The van der Waals surface area contributed by atoms with E-state index in [2.05, 4.69) is 0 Å². The Morgan fingerprint density at radius 2 is 1.74 bits per heavy atom. The van der Waals surface area contributed by atoms with E-state index in [-0.39, 0.29) is 17.9 Å². The molecule has 2 aliphatic heterocycles. The molecule has 0 aromatic heterocycles. The van der Waals surface area contributed by atoms with Crippen molar-refractivity contribution in [2.75, 3.05) is 26.7 Å². The largest absolute Gasteiger partial charge is 0.496 e. The standard InChI is InChI=1S/C22H26N2O3/c1-27-20-10-9-19(17-6-2-3-7-18(17)20)22(26)23-14-11-16(12-15-23)24-13-5-4-8-21(24)25/h2-3,6-7,9-10,16H,4-5,8,11-15H2,1H3. The normalized spacial score (nSPS) is 18.8. The lowest BCUT2D eigenvalue weighted by molar-refractivity contribution is -0.136. The third kappa shape index (κ3) is 3.38. The van der Waals surface area contributed by atoms with Gasteiger partial charge >= 0.3 is 0 Å². The van der Waals surface area contributed by atoms with Crippen LogP contribution in [0.3, 0.4) is 0 Å². The fourth-order valence-electron chi connectivity index (χ4n) is 4.40. The van der Waals surface area contributed by atoms with Gasteiger partial charge in [-0.15, -0.1) is 0 Å². The van der Waals surface area contributed by atoms with Crippen LogP contribution in [0.1, 0.15) is 42.5 Å². The number of likely N-dealkylation sites (tertiary alicyclic amines) is 2. The van der Waals surface area contributed by atoms with Crippen molar-refractivity contribution in [1.82, 2.24) is 9.80 Å². The summed E-state index contributed by atoms with van der Waals surface area (Å²) in [5, 5.41) is 1.88. The van der Waals surface area contributed by atoms with Crippen LogP contribution in [-0.4, -0.2) is 54.4 Å². The maximum Gasteiger partial charge on any atom is 0.254 e. The Hall–Kier alpha value is -2.56. The zero-order valence-corrected chi connectivity index (χ0v) is 15.8. The molecule has 2 amide bonds. The summed E-state index contributed by atoms with van der Waals surface area (Å²) >= 11 is 0. The summed E-state index contributed by atoms with van der Waals surface area (Å²) in [4.78, 5) is 29.3. The van der Waals surface area contributed by atoms with Crippen LogP contribution in [0.2, 0.25) is 0 Å². The summed E-state index contributed by atoms with van der Waals surface area (Å²) in [7, 11) is 1.65. The first-order valence-electron chi connectivity index (χ1n) is 9.83. The molecule has 0 bridgehead atoms. The third-order valence-corrected chi connectivity index (χ3v) is 5.89. The molecule has 5 nitrogen and oxygen atoms in total. The molecule has 0 N–H and O–H groups in total. The van der Waals surface area contributed by atoms with Crippen molar-refractivity contribution in [2.24, 2.45) is 0 Å². The lowest BCUT2D eigenvalue weighted by Crippen LogP contribution is -2.50. The number of hydrogen-bond acceptors (Lipinski definition) is 3. The molecule has 0 saturated carbocycles. The third-order valence-electron chi connectivity index (χ3n) is 5.89. The van der Waals surface area contributed by atoms with Crippen molar-refractivity contribution >= 4 is 22.6 Å². The number of fused-ring (bicyclic) bond motifs is 1. The number of ether oxygens (including phenoxy) is 1. The van der Waals surface area contributed by atoms with Gasteiger partial charge in [-0.1, -0.05) is 24.3 Å². The average Bonchev–Trinajstić information content (AvgIpc) is 2.73. The number of amides is 2. The van der Waals surface area contributed by atoms with Crippen molar-refractivity contribution in [2.45, 2.75) is 38.1 Å². The van der Waals surface area contributed by atoms with Gasteiger partial charge < -0.3 is 14.5 Å². The van der Waals surface area contributed by atoms with Crippen molar-refractivity contribution in [3.63, 3.8) is 0 Å². The summed E-state index contributed by atoms with van der Waals surface area (Å²) in [6.07, 6.45) is 4.52. The first-order chi connectivity index (χ1) is 13.2. The first-order valence-corrected chi connectivity index (χ1v) is 9.83. The Bertz CT molecular complexity index is 856. The molecule has 27 heavy (non-hydrogen) atoms. The van der Waals surface area contributed by atoms with Crippen LogP contribution in [0.15, 0.2) is 36.4 Å². The van der Waals surface area contributed by atoms with Crippen molar-refractivity contribution in [3.8, 4) is 5.75 Å². The van der Waals surface area contributed by atoms with E-state index in [0.717, 1.165) is 54.3 Å². The molecule has 5 heteroatoms. The number of benzene rings is 2. The predicted octanol–water partition coefficient (Wildman–Crippen LogP) is 3.47. The minimum Gasteiger partial charge on any atom is -0.496 e. The molecule has 142 valence electrons. The van der Waals surface area contributed by atoms with Gasteiger partial charge in [0.25, 0.3) is 5.91 Å². The highest BCUT2D eigenvalue weighted by molar-refractivity contribution is 6.08. The summed E-state index contributed by atoms with van der Waals surface area (Å²) in [6, 6.07) is 11.9. The van der Waals surface area contributed by atoms with E-state index in [0.29, 0.717) is 19.5 Å². The second-order valence-corrected chi connectivity index (χ2v) is 7.43. The van der Waals surface area contributed by atoms with Crippen LogP contribution in [0.4, 0.5) is 0 Å². The quantitative estimate of drug-likeness (QED) is 0.836. The molecule has 2 fully saturated rings. The molecule has 0 atom stereocenters. The van der Waals surface area contributed by atoms with Gasteiger partial charge in [0.2, 0.25) is 5.91 Å². The van der Waals surface area contributed by atoms with Crippen LogP contribution in [0.5, 0.6) is 5.75 Å². The fraction of sp³-hybridized carbons (Fsp3) is 0.455. The van der Waals surface area contributed by atoms with Crippen molar-refractivity contribution in [3.05, 3.63) is 42.0 Å². The van der Waals surface area contributed by atoms with Gasteiger partial charge in [0.15, 0.2) is 0 Å². The smallest absolute Gasteiger partial charge is 0.254 e. The van der Waals surface area contributed by atoms with Gasteiger partial charge in [-0.05, 0) is 43.2 Å². The summed E-state index contributed by atoms with van der Waals surface area (Å²) in [5.41, 5.74) is 0.721. The Morgan fingerprint density at radius 1 is 1.00 bits per heavy atom. The molecule has 0 spiro atoms. The molecule has 2 aromatic rings. The highest BCUT2D eigenvalue weighted by Crippen LogP contribution is 2.30. The van der Waals surface area contributed by atoms with Gasteiger partial charge in [-0.25, -0.2) is 0 Å². The second kappa shape index (κ2) is 7.59. The minimum atomic E-state index is 0.0669. The molecule has 0 aliphatic carbocycles. The van der Waals surface area contributed by atoms with E-state index in [9.17, 15) is 9.59 Å². The zero-order valence-electron chi connectivity index (χ0n) is 15.8. The Morgan fingerprint density at radius 3 is 2.44 bits per heavy atom. The molecular formula is C22H26N2O3. The minimum absolute atomic E-state index is 0.0669. The zero-order chi connectivity index (χ0) is 18.8. The van der Waals surface area contributed by atoms with E-state index in [1.165, 1.54) is 0 Å². The van der Waals surface area contributed by atoms with Gasteiger partial charge in [0.05, 0.1) is 7.11 Å². The highest BCUT2D eigenvalue weighted by Gasteiger charge is 2.31. The van der Waals surface area contributed by atoms with Gasteiger partial charge in [-0.3, -0.25) is 9.59 Å². The van der Waals surface area contributed by atoms with Gasteiger partial charge in [0.1, 0.15) is 5.75 Å². The van der Waals surface area contributed by atoms with E-state index < -0.39 is 0 Å². The molecular weight excluding hydrogens is 340 g/mol. The number of carbonyl (C=O) groups excluding carboxylic acids is 2. The first kappa shape index (κ1) is 17.8. The maximum absolute atomic E-state index is 13.2.